The molecule has 0 aromatic carbocycles. The summed E-state index contributed by atoms with van der Waals surface area (Å²) in [6, 6.07) is 0. The van der Waals surface area contributed by atoms with Gasteiger partial charge in [0.1, 0.15) is 5.54 Å². The fourth-order valence-electron chi connectivity index (χ4n) is 2.24. The molecule has 6 heteroatoms. The van der Waals surface area contributed by atoms with Crippen molar-refractivity contribution < 1.29 is 9.53 Å². The third-order valence-electron chi connectivity index (χ3n) is 3.17. The minimum absolute atomic E-state index is 0.265. The van der Waals surface area contributed by atoms with E-state index in [1.807, 2.05) is 19.4 Å². The van der Waals surface area contributed by atoms with Crippen molar-refractivity contribution in [2.24, 2.45) is 12.8 Å². The number of nitrogens with two attached hydrogens (primary N) is 1. The number of carbonyl (C=O) groups is 1. The van der Waals surface area contributed by atoms with Gasteiger partial charge >= 0.3 is 5.97 Å². The zero-order valence-electron chi connectivity index (χ0n) is 10.8. The van der Waals surface area contributed by atoms with Gasteiger partial charge in [-0.25, -0.2) is 0 Å². The van der Waals surface area contributed by atoms with Crippen LogP contribution < -0.4 is 5.73 Å². The van der Waals surface area contributed by atoms with E-state index >= 15 is 0 Å². The standard InChI is InChI=1S/C12H19N3O2S/c1-3-17-11(16)12(13)5-4-9(6-12)18-10-7-14-15(2)8-10/h7-9H,3-6,13H2,1-2H3. The highest BCUT2D eigenvalue weighted by Gasteiger charge is 2.43. The quantitative estimate of drug-likeness (QED) is 0.835. The lowest BCUT2D eigenvalue weighted by molar-refractivity contribution is -0.149. The van der Waals surface area contributed by atoms with Crippen molar-refractivity contribution >= 4 is 17.7 Å². The number of rotatable bonds is 4. The van der Waals surface area contributed by atoms with E-state index in [1.165, 1.54) is 0 Å². The minimum atomic E-state index is -0.796. The summed E-state index contributed by atoms with van der Waals surface area (Å²) in [7, 11) is 1.89. The van der Waals surface area contributed by atoms with Crippen molar-refractivity contribution in [3.63, 3.8) is 0 Å². The SMILES string of the molecule is CCOC(=O)C1(N)CCC(Sc2cnn(C)c2)C1. The third kappa shape index (κ3) is 2.87. The van der Waals surface area contributed by atoms with E-state index in [2.05, 4.69) is 5.10 Å². The lowest BCUT2D eigenvalue weighted by Crippen LogP contribution is -2.47. The predicted molar refractivity (Wildman–Crippen MR) is 70.3 cm³/mol. The molecule has 5 nitrogen and oxygen atoms in total. The summed E-state index contributed by atoms with van der Waals surface area (Å²) in [5, 5.41) is 4.50. The molecule has 0 spiro atoms. The van der Waals surface area contributed by atoms with E-state index in [-0.39, 0.29) is 5.97 Å². The highest BCUT2D eigenvalue weighted by molar-refractivity contribution is 8.00. The maximum atomic E-state index is 11.8. The van der Waals surface area contributed by atoms with Crippen LogP contribution in [-0.2, 0) is 16.6 Å². The van der Waals surface area contributed by atoms with Gasteiger partial charge in [-0.15, -0.1) is 11.8 Å². The van der Waals surface area contributed by atoms with E-state index in [0.29, 0.717) is 24.7 Å². The molecule has 1 heterocycles. The summed E-state index contributed by atoms with van der Waals surface area (Å²) in [5.41, 5.74) is 5.33. The van der Waals surface area contributed by atoms with Gasteiger partial charge in [-0.1, -0.05) is 0 Å². The second-order valence-electron chi connectivity index (χ2n) is 4.71. The summed E-state index contributed by atoms with van der Waals surface area (Å²) in [4.78, 5) is 12.9. The minimum Gasteiger partial charge on any atom is -0.465 e. The van der Waals surface area contributed by atoms with Crippen LogP contribution in [0.5, 0.6) is 0 Å². The van der Waals surface area contributed by atoms with Crippen molar-refractivity contribution in [3.8, 4) is 0 Å². The highest BCUT2D eigenvalue weighted by atomic mass is 32.2. The lowest BCUT2D eigenvalue weighted by atomic mass is 10.00. The summed E-state index contributed by atoms with van der Waals surface area (Å²) in [6.45, 7) is 2.19. The molecule has 1 saturated carbocycles. The Labute approximate surface area is 111 Å². The number of hydrogen-bond acceptors (Lipinski definition) is 5. The Morgan fingerprint density at radius 1 is 1.78 bits per heavy atom. The first-order valence-corrected chi connectivity index (χ1v) is 7.03. The van der Waals surface area contributed by atoms with Gasteiger partial charge in [-0.3, -0.25) is 9.48 Å². The zero-order chi connectivity index (χ0) is 13.2. The molecule has 0 aliphatic heterocycles. The number of aryl methyl sites for hydroxylation is 1. The molecule has 1 aromatic heterocycles. The molecule has 0 radical (unpaired) electrons. The van der Waals surface area contributed by atoms with Crippen LogP contribution in [0, 0.1) is 0 Å². The maximum absolute atomic E-state index is 11.8. The van der Waals surface area contributed by atoms with Crippen LogP contribution >= 0.6 is 11.8 Å². The summed E-state index contributed by atoms with van der Waals surface area (Å²) in [5.74, 6) is -0.265. The molecule has 1 aromatic rings. The fraction of sp³-hybridized carbons (Fsp3) is 0.667. The number of hydrogen-bond donors (Lipinski definition) is 1. The third-order valence-corrected chi connectivity index (χ3v) is 4.39. The van der Waals surface area contributed by atoms with Crippen LogP contribution in [0.15, 0.2) is 17.3 Å². The monoisotopic (exact) mass is 269 g/mol. The van der Waals surface area contributed by atoms with E-state index in [1.54, 1.807) is 23.4 Å². The number of aromatic nitrogens is 2. The van der Waals surface area contributed by atoms with E-state index in [9.17, 15) is 4.79 Å². The van der Waals surface area contributed by atoms with E-state index in [4.69, 9.17) is 10.5 Å². The van der Waals surface area contributed by atoms with Gasteiger partial charge in [0.15, 0.2) is 0 Å². The van der Waals surface area contributed by atoms with Crippen LogP contribution in [-0.4, -0.2) is 33.1 Å². The molecular weight excluding hydrogens is 250 g/mol. The Hall–Kier alpha value is -1.01. The largest absolute Gasteiger partial charge is 0.465 e. The normalized spacial score (nSPS) is 27.4. The molecule has 0 amide bonds. The van der Waals surface area contributed by atoms with Gasteiger partial charge in [0.2, 0.25) is 0 Å². The lowest BCUT2D eigenvalue weighted by Gasteiger charge is -2.21. The van der Waals surface area contributed by atoms with Crippen molar-refractivity contribution in [2.75, 3.05) is 6.61 Å². The molecule has 1 aliphatic carbocycles. The van der Waals surface area contributed by atoms with Gasteiger partial charge in [-0.05, 0) is 26.2 Å². The van der Waals surface area contributed by atoms with Gasteiger partial charge in [0.05, 0.1) is 12.8 Å². The fourth-order valence-corrected chi connectivity index (χ4v) is 3.56. The topological polar surface area (TPSA) is 70.1 Å². The first kappa shape index (κ1) is 13.4. The van der Waals surface area contributed by atoms with E-state index in [0.717, 1.165) is 11.3 Å². The Kier molecular flexibility index (Phi) is 3.97. The molecular formula is C12H19N3O2S. The Morgan fingerprint density at radius 2 is 2.56 bits per heavy atom. The predicted octanol–water partition coefficient (Wildman–Crippen LogP) is 1.33. The molecule has 100 valence electrons. The van der Waals surface area contributed by atoms with Crippen molar-refractivity contribution in [1.82, 2.24) is 9.78 Å². The molecule has 1 aliphatic rings. The van der Waals surface area contributed by atoms with Crippen molar-refractivity contribution in [1.29, 1.82) is 0 Å². The molecule has 2 atom stereocenters. The number of carbonyl (C=O) groups excluding carboxylic acids is 1. The van der Waals surface area contributed by atoms with Crippen LogP contribution in [0.25, 0.3) is 0 Å². The molecule has 18 heavy (non-hydrogen) atoms. The number of thioether (sulfide) groups is 1. The molecule has 1 fully saturated rings. The zero-order valence-corrected chi connectivity index (χ0v) is 11.6. The van der Waals surface area contributed by atoms with Crippen molar-refractivity contribution in [3.05, 3.63) is 12.4 Å². The van der Waals surface area contributed by atoms with Crippen molar-refractivity contribution in [2.45, 2.75) is 41.9 Å². The van der Waals surface area contributed by atoms with Crippen LogP contribution in [0.1, 0.15) is 26.2 Å². The van der Waals surface area contributed by atoms with Gasteiger partial charge in [0.25, 0.3) is 0 Å². The molecule has 0 saturated heterocycles. The maximum Gasteiger partial charge on any atom is 0.326 e. The average molecular weight is 269 g/mol. The first-order chi connectivity index (χ1) is 8.53. The molecule has 2 unspecified atom stereocenters. The average Bonchev–Trinajstić information content (AvgIpc) is 2.88. The van der Waals surface area contributed by atoms with Crippen LogP contribution in [0.4, 0.5) is 0 Å². The van der Waals surface area contributed by atoms with E-state index < -0.39 is 5.54 Å². The summed E-state index contributed by atoms with van der Waals surface area (Å²) < 4.78 is 6.82. The molecule has 2 N–H and O–H groups in total. The summed E-state index contributed by atoms with van der Waals surface area (Å²) >= 11 is 1.74. The van der Waals surface area contributed by atoms with Crippen LogP contribution in [0.3, 0.4) is 0 Å². The van der Waals surface area contributed by atoms with Gasteiger partial charge in [-0.2, -0.15) is 5.10 Å². The second-order valence-corrected chi connectivity index (χ2v) is 6.08. The first-order valence-electron chi connectivity index (χ1n) is 6.15. The summed E-state index contributed by atoms with van der Waals surface area (Å²) in [6.07, 6.45) is 6.13. The molecule has 2 rings (SSSR count). The number of esters is 1. The van der Waals surface area contributed by atoms with Crippen LogP contribution in [0.2, 0.25) is 0 Å². The number of ether oxygens (including phenoxy) is 1. The Bertz CT molecular complexity index is 435. The molecule has 0 bridgehead atoms. The highest BCUT2D eigenvalue weighted by Crippen LogP contribution is 2.39. The second kappa shape index (κ2) is 5.32. The van der Waals surface area contributed by atoms with Gasteiger partial charge in [0, 0.05) is 23.4 Å². The van der Waals surface area contributed by atoms with Gasteiger partial charge < -0.3 is 10.5 Å². The smallest absolute Gasteiger partial charge is 0.326 e. The number of nitrogens with zero attached hydrogens (tertiary/aromatic N) is 2. The Balaban J connectivity index is 1.93. The Morgan fingerprint density at radius 3 is 3.17 bits per heavy atom.